The van der Waals surface area contributed by atoms with Gasteiger partial charge in [0, 0.05) is 17.4 Å². The van der Waals surface area contributed by atoms with E-state index in [0.29, 0.717) is 11.4 Å². The first-order chi connectivity index (χ1) is 11.3. The number of hydrogen-bond acceptors (Lipinski definition) is 4. The third-order valence-electron chi connectivity index (χ3n) is 3.46. The summed E-state index contributed by atoms with van der Waals surface area (Å²) in [6.07, 6.45) is -3.66. The van der Waals surface area contributed by atoms with Crippen LogP contribution in [0.15, 0.2) is 42.5 Å². The minimum atomic E-state index is -3.66. The number of hydrogen-bond donors (Lipinski definition) is 2. The van der Waals surface area contributed by atoms with E-state index < -0.39 is 12.3 Å². The van der Waals surface area contributed by atoms with Gasteiger partial charge in [-0.15, -0.1) is 8.78 Å². The van der Waals surface area contributed by atoms with Gasteiger partial charge in [-0.3, -0.25) is 4.79 Å². The van der Waals surface area contributed by atoms with Crippen LogP contribution in [0.4, 0.5) is 20.2 Å². The topological polar surface area (TPSA) is 59.6 Å². The summed E-state index contributed by atoms with van der Waals surface area (Å²) in [4.78, 5) is 12.2. The number of fused-ring (bicyclic) bond motifs is 1. The largest absolute Gasteiger partial charge is 0.586 e. The molecule has 0 fully saturated rings. The van der Waals surface area contributed by atoms with E-state index in [4.69, 9.17) is 0 Å². The zero-order valence-corrected chi connectivity index (χ0v) is 13.1. The van der Waals surface area contributed by atoms with Gasteiger partial charge >= 0.3 is 6.29 Å². The van der Waals surface area contributed by atoms with Gasteiger partial charge in [0.05, 0.1) is 0 Å². The van der Waals surface area contributed by atoms with Crippen LogP contribution < -0.4 is 20.1 Å². The molecule has 2 N–H and O–H groups in total. The summed E-state index contributed by atoms with van der Waals surface area (Å²) < 4.78 is 34.7. The molecule has 0 saturated heterocycles. The lowest BCUT2D eigenvalue weighted by Crippen LogP contribution is -2.31. The van der Waals surface area contributed by atoms with Crippen LogP contribution in [0.2, 0.25) is 0 Å². The fourth-order valence-electron chi connectivity index (χ4n) is 2.33. The molecule has 7 heteroatoms. The monoisotopic (exact) mass is 334 g/mol. The molecule has 0 spiro atoms. The second-order valence-corrected chi connectivity index (χ2v) is 5.55. The number of nitrogens with one attached hydrogen (secondary N) is 2. The lowest BCUT2D eigenvalue weighted by Gasteiger charge is -2.15. The van der Waals surface area contributed by atoms with Crippen molar-refractivity contribution in [2.24, 2.45) is 0 Å². The van der Waals surface area contributed by atoms with Crippen LogP contribution in [0.3, 0.4) is 0 Å². The Morgan fingerprint density at radius 1 is 1.08 bits per heavy atom. The van der Waals surface area contributed by atoms with Gasteiger partial charge in [0.25, 0.3) is 0 Å². The average Bonchev–Trinajstić information content (AvgIpc) is 2.80. The molecule has 126 valence electrons. The zero-order valence-electron chi connectivity index (χ0n) is 13.1. The molecule has 2 aromatic carbocycles. The molecule has 0 unspecified atom stereocenters. The Hall–Kier alpha value is -2.83. The SMILES string of the molecule is Cc1cccc(NC(=O)[C@@H](C)Nc2ccc3c(c2)OC(F)(F)O3)c1. The van der Waals surface area contributed by atoms with Crippen molar-refractivity contribution in [3.8, 4) is 11.5 Å². The zero-order chi connectivity index (χ0) is 17.3. The lowest BCUT2D eigenvalue weighted by molar-refractivity contribution is -0.286. The minimum absolute atomic E-state index is 0.0394. The average molecular weight is 334 g/mol. The number of halogens is 2. The number of rotatable bonds is 4. The van der Waals surface area contributed by atoms with E-state index in [9.17, 15) is 13.6 Å². The molecule has 0 aromatic heterocycles. The second-order valence-electron chi connectivity index (χ2n) is 5.55. The Balaban J connectivity index is 1.65. The molecule has 3 rings (SSSR count). The summed E-state index contributed by atoms with van der Waals surface area (Å²) in [5, 5.41) is 5.73. The van der Waals surface area contributed by atoms with E-state index in [2.05, 4.69) is 20.1 Å². The summed E-state index contributed by atoms with van der Waals surface area (Å²) in [7, 11) is 0. The lowest BCUT2D eigenvalue weighted by atomic mass is 10.2. The Morgan fingerprint density at radius 3 is 2.58 bits per heavy atom. The summed E-state index contributed by atoms with van der Waals surface area (Å²) in [5.41, 5.74) is 2.20. The van der Waals surface area contributed by atoms with Crippen LogP contribution >= 0.6 is 0 Å². The molecule has 0 aliphatic carbocycles. The summed E-state index contributed by atoms with van der Waals surface area (Å²) in [6, 6.07) is 11.1. The van der Waals surface area contributed by atoms with Crippen LogP contribution in [-0.2, 0) is 4.79 Å². The van der Waals surface area contributed by atoms with Gasteiger partial charge in [-0.2, -0.15) is 0 Å². The highest BCUT2D eigenvalue weighted by Gasteiger charge is 2.43. The third-order valence-corrected chi connectivity index (χ3v) is 3.46. The molecule has 0 radical (unpaired) electrons. The summed E-state index contributed by atoms with van der Waals surface area (Å²) in [6.45, 7) is 3.60. The Kier molecular flexibility index (Phi) is 4.01. The van der Waals surface area contributed by atoms with Gasteiger partial charge in [0.1, 0.15) is 6.04 Å². The van der Waals surface area contributed by atoms with Crippen LogP contribution in [0.25, 0.3) is 0 Å². The molecule has 1 heterocycles. The highest BCUT2D eigenvalue weighted by Crippen LogP contribution is 2.42. The Labute approximate surface area is 137 Å². The van der Waals surface area contributed by atoms with Gasteiger partial charge in [-0.25, -0.2) is 0 Å². The fraction of sp³-hybridized carbons (Fsp3) is 0.235. The normalized spacial score (nSPS) is 15.7. The van der Waals surface area contributed by atoms with Crippen molar-refractivity contribution in [2.45, 2.75) is 26.2 Å². The molecule has 2 aromatic rings. The summed E-state index contributed by atoms with van der Waals surface area (Å²) >= 11 is 0. The standard InChI is InChI=1S/C17H16F2N2O3/c1-10-4-3-5-12(8-10)21-16(22)11(2)20-13-6-7-14-15(9-13)24-17(18,19)23-14/h3-9,11,20H,1-2H3,(H,21,22)/t11-/m1/s1. The molecule has 0 bridgehead atoms. The maximum atomic E-state index is 13.0. The van der Waals surface area contributed by atoms with Crippen LogP contribution in [0.1, 0.15) is 12.5 Å². The van der Waals surface area contributed by atoms with E-state index in [0.717, 1.165) is 5.56 Å². The second kappa shape index (κ2) is 5.99. The fourth-order valence-corrected chi connectivity index (χ4v) is 2.33. The van der Waals surface area contributed by atoms with E-state index >= 15 is 0 Å². The van der Waals surface area contributed by atoms with E-state index in [1.165, 1.54) is 12.1 Å². The molecular formula is C17H16F2N2O3. The quantitative estimate of drug-likeness (QED) is 0.894. The molecular weight excluding hydrogens is 318 g/mol. The molecule has 24 heavy (non-hydrogen) atoms. The van der Waals surface area contributed by atoms with Gasteiger partial charge in [-0.1, -0.05) is 12.1 Å². The van der Waals surface area contributed by atoms with Crippen molar-refractivity contribution in [3.63, 3.8) is 0 Å². The maximum absolute atomic E-state index is 13.0. The van der Waals surface area contributed by atoms with E-state index in [-0.39, 0.29) is 17.4 Å². The highest BCUT2D eigenvalue weighted by molar-refractivity contribution is 5.96. The highest BCUT2D eigenvalue weighted by atomic mass is 19.3. The van der Waals surface area contributed by atoms with Gasteiger partial charge in [-0.05, 0) is 43.7 Å². The maximum Gasteiger partial charge on any atom is 0.586 e. The first-order valence-electron chi connectivity index (χ1n) is 7.36. The van der Waals surface area contributed by atoms with Crippen LogP contribution in [-0.4, -0.2) is 18.2 Å². The Morgan fingerprint density at radius 2 is 1.83 bits per heavy atom. The molecule has 1 aliphatic heterocycles. The third kappa shape index (κ3) is 3.56. The van der Waals surface area contributed by atoms with Crippen molar-refractivity contribution in [3.05, 3.63) is 48.0 Å². The van der Waals surface area contributed by atoms with Crippen molar-refractivity contribution < 1.29 is 23.0 Å². The first kappa shape index (κ1) is 16.0. The van der Waals surface area contributed by atoms with Crippen LogP contribution in [0, 0.1) is 6.92 Å². The number of aryl methyl sites for hydroxylation is 1. The number of anilines is 2. The van der Waals surface area contributed by atoms with Gasteiger partial charge < -0.3 is 20.1 Å². The van der Waals surface area contributed by atoms with Crippen molar-refractivity contribution >= 4 is 17.3 Å². The number of benzene rings is 2. The molecule has 1 atom stereocenters. The molecule has 5 nitrogen and oxygen atoms in total. The minimum Gasteiger partial charge on any atom is -0.395 e. The van der Waals surface area contributed by atoms with Crippen molar-refractivity contribution in [1.82, 2.24) is 0 Å². The number of carbonyl (C=O) groups excluding carboxylic acids is 1. The number of alkyl halides is 2. The van der Waals surface area contributed by atoms with Crippen LogP contribution in [0.5, 0.6) is 11.5 Å². The smallest absolute Gasteiger partial charge is 0.395 e. The Bertz CT molecular complexity index is 780. The molecule has 0 saturated carbocycles. The van der Waals surface area contributed by atoms with Gasteiger partial charge in [0.15, 0.2) is 11.5 Å². The predicted molar refractivity (Wildman–Crippen MR) is 85.5 cm³/mol. The first-order valence-corrected chi connectivity index (χ1v) is 7.36. The van der Waals surface area contributed by atoms with Crippen molar-refractivity contribution in [1.29, 1.82) is 0 Å². The number of carbonyl (C=O) groups is 1. The molecule has 1 amide bonds. The predicted octanol–water partition coefficient (Wildman–Crippen LogP) is 3.76. The van der Waals surface area contributed by atoms with E-state index in [1.807, 2.05) is 25.1 Å². The van der Waals surface area contributed by atoms with E-state index in [1.54, 1.807) is 19.1 Å². The molecule has 1 aliphatic rings. The number of ether oxygens (including phenoxy) is 2. The summed E-state index contributed by atoms with van der Waals surface area (Å²) in [5.74, 6) is -0.359. The number of amides is 1. The van der Waals surface area contributed by atoms with Crippen molar-refractivity contribution in [2.75, 3.05) is 10.6 Å². The van der Waals surface area contributed by atoms with Gasteiger partial charge in [0.2, 0.25) is 5.91 Å².